The zero-order chi connectivity index (χ0) is 27.8. The number of carbonyl (C=O) groups excluding carboxylic acids is 1. The zero-order valence-corrected chi connectivity index (χ0v) is 21.9. The van der Waals surface area contributed by atoms with Gasteiger partial charge >= 0.3 is 0 Å². The third-order valence-corrected chi connectivity index (χ3v) is 7.54. The van der Waals surface area contributed by atoms with E-state index in [2.05, 4.69) is 30.3 Å². The molecule has 196 valence electrons. The van der Waals surface area contributed by atoms with Gasteiger partial charge < -0.3 is 0 Å². The highest BCUT2D eigenvalue weighted by atomic mass is 32.2. The smallest absolute Gasteiger partial charge is 0.269 e. The fraction of sp³-hybridized carbons (Fsp3) is 0.0645. The summed E-state index contributed by atoms with van der Waals surface area (Å²) >= 11 is 0. The molecule has 0 heterocycles. The van der Waals surface area contributed by atoms with Crippen LogP contribution in [0.4, 0.5) is 5.69 Å². The number of nitro benzene ring substituents is 1. The summed E-state index contributed by atoms with van der Waals surface area (Å²) in [5.41, 5.74) is 4.54. The van der Waals surface area contributed by atoms with Crippen LogP contribution in [0.1, 0.15) is 35.1 Å². The summed E-state index contributed by atoms with van der Waals surface area (Å²) in [6, 6.07) is 32.8. The fourth-order valence-electron chi connectivity index (χ4n) is 4.36. The van der Waals surface area contributed by atoms with E-state index in [1.165, 1.54) is 18.2 Å². The molecule has 4 rings (SSSR count). The van der Waals surface area contributed by atoms with Crippen molar-refractivity contribution in [1.82, 2.24) is 4.72 Å². The van der Waals surface area contributed by atoms with Gasteiger partial charge in [-0.2, -0.15) is 0 Å². The molecule has 1 N–H and O–H groups in total. The van der Waals surface area contributed by atoms with E-state index in [1.807, 2.05) is 72.3 Å². The standard InChI is InChI=1S/C31H26N2O5S/c1-2-27(24-11-5-3-6-12-24)31(25-13-7-4-8-14-25)26-20-17-23(18-21-26)19-22-30(34)32-39(37,38)29-16-10-9-15-28(29)33(35)36/h2-22,31H,1H3,(H,32,34). The molecule has 39 heavy (non-hydrogen) atoms. The van der Waals surface area contributed by atoms with Crippen LogP contribution in [-0.2, 0) is 14.8 Å². The summed E-state index contributed by atoms with van der Waals surface area (Å²) < 4.78 is 27.0. The first-order valence-corrected chi connectivity index (χ1v) is 13.6. The molecular formula is C31H26N2O5S. The van der Waals surface area contributed by atoms with Crippen molar-refractivity contribution in [3.8, 4) is 0 Å². The molecule has 0 aliphatic rings. The lowest BCUT2D eigenvalue weighted by molar-refractivity contribution is -0.387. The molecule has 7 nitrogen and oxygen atoms in total. The summed E-state index contributed by atoms with van der Waals surface area (Å²) in [4.78, 5) is 22.2. The molecule has 0 spiro atoms. The second-order valence-corrected chi connectivity index (χ2v) is 10.3. The topological polar surface area (TPSA) is 106 Å². The molecule has 0 bridgehead atoms. The van der Waals surface area contributed by atoms with Crippen LogP contribution in [-0.4, -0.2) is 19.2 Å². The number of hydrogen-bond acceptors (Lipinski definition) is 5. The minimum absolute atomic E-state index is 0.0215. The van der Waals surface area contributed by atoms with E-state index < -0.39 is 31.4 Å². The van der Waals surface area contributed by atoms with Crippen LogP contribution in [0.3, 0.4) is 0 Å². The van der Waals surface area contributed by atoms with Crippen LogP contribution in [0, 0.1) is 10.1 Å². The van der Waals surface area contributed by atoms with Crippen molar-refractivity contribution in [2.45, 2.75) is 17.7 Å². The first-order valence-electron chi connectivity index (χ1n) is 12.1. The number of sulfonamides is 1. The van der Waals surface area contributed by atoms with Crippen molar-refractivity contribution in [1.29, 1.82) is 0 Å². The molecule has 1 atom stereocenters. The molecular weight excluding hydrogens is 512 g/mol. The lowest BCUT2D eigenvalue weighted by Gasteiger charge is -2.22. The summed E-state index contributed by atoms with van der Waals surface area (Å²) in [7, 11) is -4.43. The van der Waals surface area contributed by atoms with E-state index >= 15 is 0 Å². The average molecular weight is 539 g/mol. The first kappa shape index (κ1) is 27.2. The van der Waals surface area contributed by atoms with Crippen LogP contribution >= 0.6 is 0 Å². The number of benzene rings is 4. The first-order chi connectivity index (χ1) is 18.8. The van der Waals surface area contributed by atoms with E-state index in [4.69, 9.17) is 0 Å². The van der Waals surface area contributed by atoms with Gasteiger partial charge in [-0.05, 0) is 46.9 Å². The number of allylic oxidation sites excluding steroid dienone is 2. The Kier molecular flexibility index (Phi) is 8.48. The number of rotatable bonds is 9. The maximum atomic E-state index is 12.6. The van der Waals surface area contributed by atoms with E-state index in [0.717, 1.165) is 40.5 Å². The Hall–Kier alpha value is -4.82. The van der Waals surface area contributed by atoms with Gasteiger partial charge in [-0.3, -0.25) is 14.9 Å². The molecule has 0 radical (unpaired) electrons. The van der Waals surface area contributed by atoms with Crippen LogP contribution in [0.2, 0.25) is 0 Å². The van der Waals surface area contributed by atoms with Gasteiger partial charge in [0, 0.05) is 18.1 Å². The second kappa shape index (κ2) is 12.1. The van der Waals surface area contributed by atoms with Crippen molar-refractivity contribution in [2.24, 2.45) is 0 Å². The summed E-state index contributed by atoms with van der Waals surface area (Å²) in [5, 5.41) is 11.2. The summed E-state index contributed by atoms with van der Waals surface area (Å²) in [6.45, 7) is 2.02. The average Bonchev–Trinajstić information content (AvgIpc) is 2.96. The van der Waals surface area contributed by atoms with Crippen LogP contribution in [0.5, 0.6) is 0 Å². The fourth-order valence-corrected chi connectivity index (χ4v) is 5.47. The lowest BCUT2D eigenvalue weighted by atomic mass is 9.81. The largest absolute Gasteiger partial charge is 0.289 e. The van der Waals surface area contributed by atoms with E-state index in [0.29, 0.717) is 5.56 Å². The maximum Gasteiger partial charge on any atom is 0.289 e. The van der Waals surface area contributed by atoms with Crippen molar-refractivity contribution in [2.75, 3.05) is 0 Å². The number of hydrogen-bond donors (Lipinski definition) is 1. The Morgan fingerprint density at radius 3 is 2.00 bits per heavy atom. The molecule has 0 aliphatic carbocycles. The Bertz CT molecular complexity index is 1630. The summed E-state index contributed by atoms with van der Waals surface area (Å²) in [5.74, 6) is -0.939. The number of nitro groups is 1. The zero-order valence-electron chi connectivity index (χ0n) is 21.1. The van der Waals surface area contributed by atoms with Crippen molar-refractivity contribution < 1.29 is 18.1 Å². The third-order valence-electron chi connectivity index (χ3n) is 6.15. The Morgan fingerprint density at radius 1 is 0.821 bits per heavy atom. The van der Waals surface area contributed by atoms with Gasteiger partial charge in [0.2, 0.25) is 0 Å². The molecule has 8 heteroatoms. The van der Waals surface area contributed by atoms with E-state index in [9.17, 15) is 23.3 Å². The molecule has 0 aromatic heterocycles. The number of carbonyl (C=O) groups is 1. The molecule has 0 saturated heterocycles. The molecule has 4 aromatic carbocycles. The van der Waals surface area contributed by atoms with Crippen LogP contribution < -0.4 is 4.72 Å². The minimum atomic E-state index is -4.43. The SMILES string of the molecule is CC=C(c1ccccc1)C(c1ccccc1)c1ccc(C=CC(=O)NS(=O)(=O)c2ccccc2[N+](=O)[O-])cc1. The van der Waals surface area contributed by atoms with Crippen LogP contribution in [0.25, 0.3) is 11.6 Å². The Labute approximate surface area is 227 Å². The summed E-state index contributed by atoms with van der Waals surface area (Å²) in [6.07, 6.45) is 4.68. The van der Waals surface area contributed by atoms with Gasteiger partial charge in [0.05, 0.1) is 4.92 Å². The van der Waals surface area contributed by atoms with Gasteiger partial charge in [0.1, 0.15) is 0 Å². The van der Waals surface area contributed by atoms with E-state index in [-0.39, 0.29) is 5.92 Å². The van der Waals surface area contributed by atoms with Gasteiger partial charge in [-0.15, -0.1) is 0 Å². The van der Waals surface area contributed by atoms with Gasteiger partial charge in [0.15, 0.2) is 4.90 Å². The van der Waals surface area contributed by atoms with Crippen molar-refractivity contribution in [3.05, 3.63) is 154 Å². The molecule has 0 aliphatic heterocycles. The highest BCUT2D eigenvalue weighted by Crippen LogP contribution is 2.37. The highest BCUT2D eigenvalue weighted by molar-refractivity contribution is 7.90. The third kappa shape index (κ3) is 6.55. The minimum Gasteiger partial charge on any atom is -0.269 e. The molecule has 0 saturated carbocycles. The van der Waals surface area contributed by atoms with Crippen LogP contribution in [0.15, 0.2) is 126 Å². The molecule has 1 unspecified atom stereocenters. The normalized spacial score (nSPS) is 12.7. The molecule has 1 amide bonds. The Morgan fingerprint density at radius 2 is 1.38 bits per heavy atom. The van der Waals surface area contributed by atoms with Crippen molar-refractivity contribution in [3.63, 3.8) is 0 Å². The van der Waals surface area contributed by atoms with Gasteiger partial charge in [-0.25, -0.2) is 13.1 Å². The second-order valence-electron chi connectivity index (χ2n) is 8.65. The van der Waals surface area contributed by atoms with Crippen molar-refractivity contribution >= 4 is 33.3 Å². The van der Waals surface area contributed by atoms with Gasteiger partial charge in [0.25, 0.3) is 21.6 Å². The molecule has 4 aromatic rings. The lowest BCUT2D eigenvalue weighted by Crippen LogP contribution is -2.29. The highest BCUT2D eigenvalue weighted by Gasteiger charge is 2.26. The van der Waals surface area contributed by atoms with E-state index in [1.54, 1.807) is 0 Å². The molecule has 0 fully saturated rings. The predicted molar refractivity (Wildman–Crippen MR) is 152 cm³/mol. The maximum absolute atomic E-state index is 12.6. The van der Waals surface area contributed by atoms with Gasteiger partial charge in [-0.1, -0.05) is 103 Å². The Balaban J connectivity index is 1.56. The number of nitrogens with zero attached hydrogens (tertiary/aromatic N) is 1. The number of amides is 1. The predicted octanol–water partition coefficient (Wildman–Crippen LogP) is 6.35. The quantitative estimate of drug-likeness (QED) is 0.152. The number of para-hydroxylation sites is 1. The number of nitrogens with one attached hydrogen (secondary N) is 1. The monoisotopic (exact) mass is 538 g/mol.